The van der Waals surface area contributed by atoms with Gasteiger partial charge in [0.15, 0.2) is 5.78 Å². The minimum atomic E-state index is -3.74. The Morgan fingerprint density at radius 3 is 2.19 bits per heavy atom. The molecule has 3 rings (SSSR count). The van der Waals surface area contributed by atoms with E-state index < -0.39 is 10.0 Å². The van der Waals surface area contributed by atoms with Crippen molar-refractivity contribution in [3.8, 4) is 0 Å². The van der Waals surface area contributed by atoms with Crippen molar-refractivity contribution in [3.05, 3.63) is 65.7 Å². The van der Waals surface area contributed by atoms with E-state index in [0.29, 0.717) is 5.56 Å². The maximum atomic E-state index is 12.6. The summed E-state index contributed by atoms with van der Waals surface area (Å²) in [5, 5.41) is 7.85. The molecule has 1 unspecified atom stereocenters. The number of carbonyl (C=O) groups excluding carboxylic acids is 2. The highest BCUT2D eigenvalue weighted by Gasteiger charge is 2.62. The van der Waals surface area contributed by atoms with Crippen LogP contribution in [0.4, 0.5) is 0 Å². The zero-order valence-corrected chi connectivity index (χ0v) is 16.0. The number of Topliss-reactive ketones (excluding diaryl/α,β-unsaturated/α-hetero) is 1. The van der Waals surface area contributed by atoms with Gasteiger partial charge in [-0.15, -0.1) is 0 Å². The molecular weight excluding hydrogens is 364 g/mol. The molecule has 3 N–H and O–H groups in total. The Balaban J connectivity index is 1.66. The number of hydrogen-bond donors (Lipinski definition) is 2. The summed E-state index contributed by atoms with van der Waals surface area (Å²) in [4.78, 5) is 24.8. The molecule has 1 fully saturated rings. The Kier molecular flexibility index (Phi) is 4.92. The normalized spacial score (nSPS) is 20.7. The molecule has 2 aromatic carbocycles. The van der Waals surface area contributed by atoms with Crippen LogP contribution in [0.2, 0.25) is 0 Å². The third-order valence-electron chi connectivity index (χ3n) is 5.20. The first-order valence-corrected chi connectivity index (χ1v) is 10.2. The van der Waals surface area contributed by atoms with Gasteiger partial charge in [-0.3, -0.25) is 9.59 Å². The fraction of sp³-hybridized carbons (Fsp3) is 0.300. The second kappa shape index (κ2) is 6.90. The molecule has 0 saturated heterocycles. The SMILES string of the molecule is CC1(C)C(C(=O)NCC(=O)c2ccccc2)[C@@H]1c1ccc(S(N)(=O)=O)cc1. The van der Waals surface area contributed by atoms with E-state index in [9.17, 15) is 18.0 Å². The van der Waals surface area contributed by atoms with Crippen molar-refractivity contribution in [2.75, 3.05) is 6.54 Å². The smallest absolute Gasteiger partial charge is 0.238 e. The molecule has 0 heterocycles. The molecule has 1 saturated carbocycles. The number of nitrogens with two attached hydrogens (primary N) is 1. The molecule has 2 aromatic rings. The van der Waals surface area contributed by atoms with Crippen molar-refractivity contribution < 1.29 is 18.0 Å². The largest absolute Gasteiger partial charge is 0.348 e. The Morgan fingerprint density at radius 1 is 1.04 bits per heavy atom. The summed E-state index contributed by atoms with van der Waals surface area (Å²) >= 11 is 0. The van der Waals surface area contributed by atoms with Gasteiger partial charge in [0.1, 0.15) is 0 Å². The van der Waals surface area contributed by atoms with E-state index in [1.54, 1.807) is 36.4 Å². The molecule has 0 radical (unpaired) electrons. The van der Waals surface area contributed by atoms with Gasteiger partial charge in [-0.05, 0) is 23.1 Å². The van der Waals surface area contributed by atoms with Crippen LogP contribution in [-0.4, -0.2) is 26.7 Å². The Morgan fingerprint density at radius 2 is 1.63 bits per heavy atom. The molecule has 0 bridgehead atoms. The third kappa shape index (κ3) is 3.94. The molecule has 2 atom stereocenters. The molecule has 0 aliphatic heterocycles. The van der Waals surface area contributed by atoms with Crippen molar-refractivity contribution in [1.29, 1.82) is 0 Å². The fourth-order valence-electron chi connectivity index (χ4n) is 3.62. The van der Waals surface area contributed by atoms with Crippen molar-refractivity contribution in [2.45, 2.75) is 24.7 Å². The van der Waals surface area contributed by atoms with Gasteiger partial charge in [-0.25, -0.2) is 13.6 Å². The van der Waals surface area contributed by atoms with Crippen LogP contribution in [-0.2, 0) is 14.8 Å². The second-order valence-electron chi connectivity index (χ2n) is 7.40. The average molecular weight is 386 g/mol. The molecular formula is C20H22N2O4S. The summed E-state index contributed by atoms with van der Waals surface area (Å²) in [6.45, 7) is 3.91. The molecule has 142 valence electrons. The standard InChI is InChI=1S/C20H22N2O4S/c1-20(2)17(14-8-10-15(11-9-14)27(21,25)26)18(20)19(24)22-12-16(23)13-6-4-3-5-7-13/h3-11,17-18H,12H2,1-2H3,(H,22,24)(H2,21,25,26)/t17-,18?/m0/s1. The molecule has 1 aliphatic rings. The quantitative estimate of drug-likeness (QED) is 0.741. The third-order valence-corrected chi connectivity index (χ3v) is 6.13. The van der Waals surface area contributed by atoms with Crippen molar-refractivity contribution in [3.63, 3.8) is 0 Å². The van der Waals surface area contributed by atoms with Crippen LogP contribution in [0.1, 0.15) is 35.7 Å². The van der Waals surface area contributed by atoms with Crippen LogP contribution < -0.4 is 10.5 Å². The topological polar surface area (TPSA) is 106 Å². The zero-order chi connectivity index (χ0) is 19.8. The van der Waals surface area contributed by atoms with Gasteiger partial charge in [0.05, 0.1) is 17.4 Å². The maximum Gasteiger partial charge on any atom is 0.238 e. The first-order valence-electron chi connectivity index (χ1n) is 8.61. The molecule has 1 aliphatic carbocycles. The first-order chi connectivity index (χ1) is 12.6. The molecule has 6 nitrogen and oxygen atoms in total. The number of nitrogens with one attached hydrogen (secondary N) is 1. The van der Waals surface area contributed by atoms with Gasteiger partial charge in [0, 0.05) is 11.5 Å². The summed E-state index contributed by atoms with van der Waals surface area (Å²) in [5.41, 5.74) is 1.16. The zero-order valence-electron chi connectivity index (χ0n) is 15.2. The fourth-order valence-corrected chi connectivity index (χ4v) is 4.13. The van der Waals surface area contributed by atoms with Crippen molar-refractivity contribution in [1.82, 2.24) is 5.32 Å². The summed E-state index contributed by atoms with van der Waals surface area (Å²) in [6, 6.07) is 15.1. The van der Waals surface area contributed by atoms with E-state index in [2.05, 4.69) is 5.32 Å². The van der Waals surface area contributed by atoms with E-state index in [-0.39, 0.29) is 40.4 Å². The second-order valence-corrected chi connectivity index (χ2v) is 8.96. The van der Waals surface area contributed by atoms with E-state index in [1.165, 1.54) is 12.1 Å². The van der Waals surface area contributed by atoms with Gasteiger partial charge in [-0.2, -0.15) is 0 Å². The number of rotatable bonds is 6. The Bertz CT molecular complexity index is 967. The molecule has 0 spiro atoms. The molecule has 27 heavy (non-hydrogen) atoms. The number of hydrogen-bond acceptors (Lipinski definition) is 4. The Hall–Kier alpha value is -2.51. The lowest BCUT2D eigenvalue weighted by Gasteiger charge is -2.05. The molecule has 7 heteroatoms. The lowest BCUT2D eigenvalue weighted by atomic mass is 10.0. The number of primary sulfonamides is 1. The minimum Gasteiger partial charge on any atom is -0.348 e. The Labute approximate surface area is 158 Å². The van der Waals surface area contributed by atoms with Crippen molar-refractivity contribution in [2.24, 2.45) is 16.5 Å². The van der Waals surface area contributed by atoms with Crippen LogP contribution in [0, 0.1) is 11.3 Å². The van der Waals surface area contributed by atoms with E-state index in [4.69, 9.17) is 5.14 Å². The predicted molar refractivity (Wildman–Crippen MR) is 102 cm³/mol. The summed E-state index contributed by atoms with van der Waals surface area (Å²) in [5.74, 6) is -0.637. The van der Waals surface area contributed by atoms with Gasteiger partial charge in [-0.1, -0.05) is 56.3 Å². The maximum absolute atomic E-state index is 12.6. The number of sulfonamides is 1. The average Bonchev–Trinajstić information content (AvgIpc) is 3.21. The predicted octanol–water partition coefficient (Wildman–Crippen LogP) is 2.07. The van der Waals surface area contributed by atoms with Gasteiger partial charge in [0.25, 0.3) is 0 Å². The lowest BCUT2D eigenvalue weighted by Crippen LogP contribution is -2.32. The molecule has 1 amide bonds. The first kappa shape index (κ1) is 19.3. The molecule has 0 aromatic heterocycles. The van der Waals surface area contributed by atoms with Gasteiger partial charge < -0.3 is 5.32 Å². The summed E-state index contributed by atoms with van der Waals surface area (Å²) in [6.07, 6.45) is 0. The monoisotopic (exact) mass is 386 g/mol. The minimum absolute atomic E-state index is 0.0409. The van der Waals surface area contributed by atoms with E-state index >= 15 is 0 Å². The van der Waals surface area contributed by atoms with Crippen LogP contribution >= 0.6 is 0 Å². The van der Waals surface area contributed by atoms with Crippen molar-refractivity contribution >= 4 is 21.7 Å². The number of ketones is 1. The highest BCUT2D eigenvalue weighted by atomic mass is 32.2. The van der Waals surface area contributed by atoms with Crippen LogP contribution in [0.25, 0.3) is 0 Å². The lowest BCUT2D eigenvalue weighted by molar-refractivity contribution is -0.122. The summed E-state index contributed by atoms with van der Waals surface area (Å²) < 4.78 is 22.8. The van der Waals surface area contributed by atoms with Crippen LogP contribution in [0.5, 0.6) is 0 Å². The van der Waals surface area contributed by atoms with Gasteiger partial charge in [0.2, 0.25) is 15.9 Å². The van der Waals surface area contributed by atoms with Crippen LogP contribution in [0.15, 0.2) is 59.5 Å². The van der Waals surface area contributed by atoms with Gasteiger partial charge >= 0.3 is 0 Å². The highest BCUT2D eigenvalue weighted by Crippen LogP contribution is 2.64. The highest BCUT2D eigenvalue weighted by molar-refractivity contribution is 7.89. The number of amides is 1. The van der Waals surface area contributed by atoms with Crippen LogP contribution in [0.3, 0.4) is 0 Å². The number of benzene rings is 2. The van der Waals surface area contributed by atoms with E-state index in [0.717, 1.165) is 5.56 Å². The number of carbonyl (C=O) groups is 2. The van der Waals surface area contributed by atoms with E-state index in [1.807, 2.05) is 19.9 Å². The summed E-state index contributed by atoms with van der Waals surface area (Å²) in [7, 11) is -3.74.